The minimum Gasteiger partial charge on any atom is -0.481 e. The third kappa shape index (κ3) is 20.7. The van der Waals surface area contributed by atoms with Crippen LogP contribution >= 0.6 is 8.60 Å². The highest BCUT2D eigenvalue weighted by Gasteiger charge is 2.25. The van der Waals surface area contributed by atoms with Gasteiger partial charge in [-0.05, 0) is 25.2 Å². The number of likely N-dealkylation sites (N-methyl/N-ethyl adjacent to an activating group) is 1. The molecule has 3 atom stereocenters. The molecule has 0 aromatic carbocycles. The lowest BCUT2D eigenvalue weighted by Crippen LogP contribution is -2.42. The first kappa shape index (κ1) is 28.7. The van der Waals surface area contributed by atoms with Crippen molar-refractivity contribution < 1.29 is 33.1 Å². The van der Waals surface area contributed by atoms with E-state index in [-0.39, 0.29) is 6.42 Å². The van der Waals surface area contributed by atoms with E-state index in [1.54, 1.807) is 0 Å². The summed E-state index contributed by atoms with van der Waals surface area (Å²) in [6.45, 7) is 7.14. The van der Waals surface area contributed by atoms with Crippen molar-refractivity contribution in [2.24, 2.45) is 5.92 Å². The van der Waals surface area contributed by atoms with E-state index in [1.807, 2.05) is 21.1 Å². The summed E-state index contributed by atoms with van der Waals surface area (Å²) >= 11 is 0. The number of carbonyl (C=O) groups is 1. The monoisotopic (exact) mass is 438 g/mol. The van der Waals surface area contributed by atoms with Crippen LogP contribution in [-0.2, 0) is 18.6 Å². The summed E-state index contributed by atoms with van der Waals surface area (Å²) in [4.78, 5) is 20.9. The van der Waals surface area contributed by atoms with Crippen LogP contribution < -0.4 is 0 Å². The molecule has 0 saturated carbocycles. The number of quaternary nitrogens is 1. The SMILES string of the molecule is CCC(C)CCOCCCCCCCCO[P@@](O)OC(CC(=O)O)C[N+](C)(C)C. The Kier molecular flexibility index (Phi) is 17.2. The highest BCUT2D eigenvalue weighted by molar-refractivity contribution is 7.40. The summed E-state index contributed by atoms with van der Waals surface area (Å²) in [5.74, 6) is -0.184. The molecule has 0 aliphatic rings. The smallest absolute Gasteiger partial charge is 0.330 e. The number of ether oxygens (including phenoxy) is 1. The molecule has 0 saturated heterocycles. The van der Waals surface area contributed by atoms with Crippen LogP contribution in [0.1, 0.15) is 71.6 Å². The number of hydrogen-bond donors (Lipinski definition) is 2. The molecular formula is C21H45NO6P+. The maximum Gasteiger partial charge on any atom is 0.330 e. The molecule has 0 bridgehead atoms. The van der Waals surface area contributed by atoms with Gasteiger partial charge in [0.2, 0.25) is 0 Å². The fraction of sp³-hybridized carbons (Fsp3) is 0.952. The lowest BCUT2D eigenvalue weighted by Gasteiger charge is -2.29. The van der Waals surface area contributed by atoms with Gasteiger partial charge >= 0.3 is 14.6 Å². The van der Waals surface area contributed by atoms with Gasteiger partial charge in [-0.25, -0.2) is 0 Å². The minimum atomic E-state index is -2.04. The van der Waals surface area contributed by atoms with E-state index in [2.05, 4.69) is 13.8 Å². The van der Waals surface area contributed by atoms with Gasteiger partial charge in [-0.15, -0.1) is 0 Å². The van der Waals surface area contributed by atoms with E-state index >= 15 is 0 Å². The summed E-state index contributed by atoms with van der Waals surface area (Å²) < 4.78 is 17.0. The minimum absolute atomic E-state index is 0.139. The Labute approximate surface area is 179 Å². The van der Waals surface area contributed by atoms with Crippen molar-refractivity contribution in [1.82, 2.24) is 0 Å². The summed E-state index contributed by atoms with van der Waals surface area (Å²) in [5.41, 5.74) is 0. The number of carboxylic acid groups (broad SMARTS) is 1. The van der Waals surface area contributed by atoms with Crippen LogP contribution in [0.2, 0.25) is 0 Å². The Hall–Kier alpha value is -0.300. The normalized spacial score (nSPS) is 15.2. The van der Waals surface area contributed by atoms with Crippen molar-refractivity contribution in [3.05, 3.63) is 0 Å². The third-order valence-corrected chi connectivity index (χ3v) is 5.61. The first-order valence-corrected chi connectivity index (χ1v) is 12.2. The van der Waals surface area contributed by atoms with Gasteiger partial charge in [0.05, 0.1) is 34.2 Å². The summed E-state index contributed by atoms with van der Waals surface area (Å²) in [6, 6.07) is 0. The average molecular weight is 439 g/mol. The molecule has 2 N–H and O–H groups in total. The van der Waals surface area contributed by atoms with Gasteiger partial charge in [0.1, 0.15) is 12.6 Å². The predicted octanol–water partition coefficient (Wildman–Crippen LogP) is 4.58. The lowest BCUT2D eigenvalue weighted by atomic mass is 10.1. The van der Waals surface area contributed by atoms with Crippen LogP contribution in [0.5, 0.6) is 0 Å². The number of rotatable bonds is 20. The van der Waals surface area contributed by atoms with Crippen molar-refractivity contribution in [2.45, 2.75) is 77.7 Å². The van der Waals surface area contributed by atoms with Crippen LogP contribution in [-0.4, -0.2) is 74.1 Å². The first-order valence-electron chi connectivity index (χ1n) is 11.0. The van der Waals surface area contributed by atoms with E-state index in [0.717, 1.165) is 51.2 Å². The Balaban J connectivity index is 3.62. The van der Waals surface area contributed by atoms with Crippen molar-refractivity contribution in [3.63, 3.8) is 0 Å². The average Bonchev–Trinajstić information content (AvgIpc) is 2.60. The highest BCUT2D eigenvalue weighted by Crippen LogP contribution is 2.36. The molecule has 0 aromatic rings. The van der Waals surface area contributed by atoms with Crippen LogP contribution in [0.25, 0.3) is 0 Å². The van der Waals surface area contributed by atoms with Gasteiger partial charge in [-0.2, -0.15) is 0 Å². The Morgan fingerprint density at radius 2 is 1.59 bits per heavy atom. The second-order valence-corrected chi connectivity index (χ2v) is 9.85. The summed E-state index contributed by atoms with van der Waals surface area (Å²) in [5, 5.41) is 8.99. The number of aliphatic carboxylic acids is 1. The number of nitrogens with zero attached hydrogens (tertiary/aromatic N) is 1. The molecule has 29 heavy (non-hydrogen) atoms. The molecule has 2 unspecified atom stereocenters. The van der Waals surface area contributed by atoms with Gasteiger partial charge in [0, 0.05) is 13.2 Å². The van der Waals surface area contributed by atoms with Crippen molar-refractivity contribution in [2.75, 3.05) is 47.5 Å². The van der Waals surface area contributed by atoms with E-state index < -0.39 is 20.7 Å². The number of unbranched alkanes of at least 4 members (excludes halogenated alkanes) is 5. The van der Waals surface area contributed by atoms with Crippen LogP contribution in [0, 0.1) is 5.92 Å². The molecule has 0 amide bonds. The van der Waals surface area contributed by atoms with Crippen molar-refractivity contribution in [3.8, 4) is 0 Å². The summed E-state index contributed by atoms with van der Waals surface area (Å²) in [6.07, 6.45) is 8.22. The lowest BCUT2D eigenvalue weighted by molar-refractivity contribution is -0.873. The van der Waals surface area contributed by atoms with Gasteiger partial charge < -0.3 is 28.3 Å². The second kappa shape index (κ2) is 17.4. The van der Waals surface area contributed by atoms with Crippen molar-refractivity contribution >= 4 is 14.6 Å². The van der Waals surface area contributed by atoms with E-state index in [4.69, 9.17) is 18.9 Å². The maximum atomic E-state index is 11.0. The topological polar surface area (TPSA) is 85.2 Å². The molecule has 0 spiro atoms. The zero-order valence-electron chi connectivity index (χ0n) is 19.3. The van der Waals surface area contributed by atoms with E-state index in [0.29, 0.717) is 17.6 Å². The molecule has 8 heteroatoms. The Morgan fingerprint density at radius 1 is 1.00 bits per heavy atom. The van der Waals surface area contributed by atoms with Gasteiger partial charge in [-0.1, -0.05) is 46.0 Å². The van der Waals surface area contributed by atoms with Gasteiger partial charge in [-0.3, -0.25) is 4.79 Å². The van der Waals surface area contributed by atoms with Crippen LogP contribution in [0.4, 0.5) is 0 Å². The molecule has 0 fully saturated rings. The zero-order valence-corrected chi connectivity index (χ0v) is 20.2. The largest absolute Gasteiger partial charge is 0.481 e. The molecule has 0 heterocycles. The number of carboxylic acids is 1. The van der Waals surface area contributed by atoms with Crippen molar-refractivity contribution in [1.29, 1.82) is 0 Å². The Bertz CT molecular complexity index is 405. The van der Waals surface area contributed by atoms with E-state index in [1.165, 1.54) is 19.3 Å². The predicted molar refractivity (Wildman–Crippen MR) is 118 cm³/mol. The molecule has 7 nitrogen and oxygen atoms in total. The van der Waals surface area contributed by atoms with Gasteiger partial charge in [0.15, 0.2) is 0 Å². The molecule has 0 radical (unpaired) electrons. The molecule has 0 aromatic heterocycles. The molecule has 174 valence electrons. The maximum absolute atomic E-state index is 11.0. The van der Waals surface area contributed by atoms with Crippen LogP contribution in [0.15, 0.2) is 0 Å². The van der Waals surface area contributed by atoms with Crippen LogP contribution in [0.3, 0.4) is 0 Å². The summed E-state index contributed by atoms with van der Waals surface area (Å²) in [7, 11) is 3.83. The first-order chi connectivity index (χ1) is 13.6. The molecular weight excluding hydrogens is 393 g/mol. The number of hydrogen-bond acceptors (Lipinski definition) is 5. The standard InChI is InChI=1S/C21H44NO6P/c1-6-19(2)13-16-26-14-11-9-7-8-10-12-15-27-29(25)28-20(17-21(23)24)18-22(3,4)5/h19-20,25H,6-18H2,1-5H3/p+1/t19?,20?,29-/m1/s1. The quantitative estimate of drug-likeness (QED) is 0.164. The zero-order chi connectivity index (χ0) is 22.1. The fourth-order valence-electron chi connectivity index (χ4n) is 2.85. The highest BCUT2D eigenvalue weighted by atomic mass is 31.2. The van der Waals surface area contributed by atoms with E-state index in [9.17, 15) is 9.69 Å². The third-order valence-electron chi connectivity index (χ3n) is 4.73. The molecule has 0 aliphatic carbocycles. The second-order valence-electron chi connectivity index (χ2n) is 8.91. The van der Waals surface area contributed by atoms with Gasteiger partial charge in [0.25, 0.3) is 0 Å². The Morgan fingerprint density at radius 3 is 2.14 bits per heavy atom. The molecule has 0 aliphatic heterocycles. The fourth-order valence-corrected chi connectivity index (χ4v) is 3.59. The molecule has 0 rings (SSSR count).